The highest BCUT2D eigenvalue weighted by Crippen LogP contribution is 2.30. The smallest absolute Gasteiger partial charge is 0.248 e. The molecule has 0 saturated carbocycles. The van der Waals surface area contributed by atoms with Gasteiger partial charge in [0.05, 0.1) is 22.9 Å². The van der Waals surface area contributed by atoms with Crippen LogP contribution in [0.25, 0.3) is 0 Å². The van der Waals surface area contributed by atoms with Crippen molar-refractivity contribution in [3.8, 4) is 0 Å². The van der Waals surface area contributed by atoms with Crippen molar-refractivity contribution in [2.75, 3.05) is 40.1 Å². The molecule has 1 aliphatic heterocycles. The van der Waals surface area contributed by atoms with Crippen molar-refractivity contribution in [2.45, 2.75) is 19.8 Å². The molecule has 0 bridgehead atoms. The Morgan fingerprint density at radius 1 is 0.967 bits per heavy atom. The van der Waals surface area contributed by atoms with Crippen molar-refractivity contribution in [2.24, 2.45) is 5.73 Å². The van der Waals surface area contributed by atoms with Crippen molar-refractivity contribution in [3.05, 3.63) is 53.6 Å². The minimum absolute atomic E-state index is 0.127. The molecule has 0 aliphatic carbocycles. The van der Waals surface area contributed by atoms with Gasteiger partial charge in [0, 0.05) is 24.3 Å². The van der Waals surface area contributed by atoms with E-state index in [0.29, 0.717) is 11.3 Å². The molecule has 0 radical (unpaired) electrons. The second-order valence-corrected chi connectivity index (χ2v) is 8.23. The van der Waals surface area contributed by atoms with Gasteiger partial charge in [-0.3, -0.25) is 14.4 Å². The first-order valence-corrected chi connectivity index (χ1v) is 11.0. The average Bonchev–Trinajstić information content (AvgIpc) is 3.24. The zero-order valence-corrected chi connectivity index (χ0v) is 17.8. The molecule has 30 heavy (non-hydrogen) atoms. The highest BCUT2D eigenvalue weighted by atomic mass is 32.2. The summed E-state index contributed by atoms with van der Waals surface area (Å²) in [7, 11) is 0. The maximum Gasteiger partial charge on any atom is 0.248 e. The van der Waals surface area contributed by atoms with Gasteiger partial charge in [-0.1, -0.05) is 17.7 Å². The van der Waals surface area contributed by atoms with E-state index < -0.39 is 5.91 Å². The zero-order valence-electron chi connectivity index (χ0n) is 16.9. The number of primary amides is 1. The third-order valence-corrected chi connectivity index (χ3v) is 5.74. The molecule has 2 aromatic carbocycles. The van der Waals surface area contributed by atoms with Gasteiger partial charge < -0.3 is 21.3 Å². The van der Waals surface area contributed by atoms with E-state index in [0.717, 1.165) is 42.9 Å². The van der Waals surface area contributed by atoms with Gasteiger partial charge in [0.1, 0.15) is 0 Å². The van der Waals surface area contributed by atoms with Crippen LogP contribution in [0.2, 0.25) is 0 Å². The van der Waals surface area contributed by atoms with Gasteiger partial charge in [-0.2, -0.15) is 0 Å². The maximum absolute atomic E-state index is 12.4. The van der Waals surface area contributed by atoms with Gasteiger partial charge in [-0.05, 0) is 50.1 Å². The quantitative estimate of drug-likeness (QED) is 0.602. The number of benzene rings is 2. The third-order valence-electron chi connectivity index (χ3n) is 4.80. The summed E-state index contributed by atoms with van der Waals surface area (Å²) < 4.78 is 0. The summed E-state index contributed by atoms with van der Waals surface area (Å²) in [6, 6.07) is 12.6. The minimum Gasteiger partial charge on any atom is -0.370 e. The number of rotatable bonds is 8. The van der Waals surface area contributed by atoms with E-state index in [1.807, 2.05) is 37.3 Å². The number of nitrogens with zero attached hydrogens (tertiary/aromatic N) is 1. The molecule has 1 heterocycles. The monoisotopic (exact) mass is 426 g/mol. The van der Waals surface area contributed by atoms with E-state index in [2.05, 4.69) is 15.5 Å². The number of hydrogen-bond acceptors (Lipinski definition) is 5. The molecule has 1 aliphatic rings. The average molecular weight is 427 g/mol. The highest BCUT2D eigenvalue weighted by Gasteiger charge is 2.18. The summed E-state index contributed by atoms with van der Waals surface area (Å²) in [6.45, 7) is 3.80. The highest BCUT2D eigenvalue weighted by molar-refractivity contribution is 8.00. The Kier molecular flexibility index (Phi) is 7.35. The summed E-state index contributed by atoms with van der Waals surface area (Å²) in [5.41, 5.74) is 9.04. The number of nitrogens with two attached hydrogens (primary N) is 1. The summed E-state index contributed by atoms with van der Waals surface area (Å²) in [6.07, 6.45) is 2.19. The topological polar surface area (TPSA) is 105 Å². The van der Waals surface area contributed by atoms with E-state index in [1.54, 1.807) is 12.1 Å². The van der Waals surface area contributed by atoms with E-state index in [9.17, 15) is 14.4 Å². The lowest BCUT2D eigenvalue weighted by atomic mass is 10.1. The number of carbonyl (C=O) groups excluding carboxylic acids is 3. The van der Waals surface area contributed by atoms with Crippen molar-refractivity contribution in [1.29, 1.82) is 0 Å². The van der Waals surface area contributed by atoms with Crippen LogP contribution in [0.5, 0.6) is 0 Å². The molecular formula is C22H26N4O3S. The van der Waals surface area contributed by atoms with Gasteiger partial charge in [0.2, 0.25) is 17.7 Å². The van der Waals surface area contributed by atoms with Crippen LogP contribution in [-0.2, 0) is 9.59 Å². The second kappa shape index (κ2) is 10.2. The fourth-order valence-corrected chi connectivity index (χ4v) is 3.90. The predicted molar refractivity (Wildman–Crippen MR) is 122 cm³/mol. The van der Waals surface area contributed by atoms with E-state index >= 15 is 0 Å². The van der Waals surface area contributed by atoms with Gasteiger partial charge in [-0.25, -0.2) is 0 Å². The molecule has 0 atom stereocenters. The number of anilines is 3. The summed E-state index contributed by atoms with van der Waals surface area (Å²) in [4.78, 5) is 38.2. The van der Waals surface area contributed by atoms with Gasteiger partial charge >= 0.3 is 0 Å². The molecule has 0 spiro atoms. The third kappa shape index (κ3) is 6.00. The van der Waals surface area contributed by atoms with E-state index in [-0.39, 0.29) is 23.3 Å². The SMILES string of the molecule is Cc1ccc(NC(=O)CSCC(=O)Nc2cc(C(N)=O)ccc2N2CCCC2)cc1. The van der Waals surface area contributed by atoms with Gasteiger partial charge in [0.25, 0.3) is 0 Å². The van der Waals surface area contributed by atoms with Crippen molar-refractivity contribution in [3.63, 3.8) is 0 Å². The van der Waals surface area contributed by atoms with E-state index in [1.165, 1.54) is 11.8 Å². The van der Waals surface area contributed by atoms with Crippen LogP contribution >= 0.6 is 11.8 Å². The largest absolute Gasteiger partial charge is 0.370 e. The van der Waals surface area contributed by atoms with Crippen LogP contribution in [0.15, 0.2) is 42.5 Å². The van der Waals surface area contributed by atoms with E-state index in [4.69, 9.17) is 5.73 Å². The fourth-order valence-electron chi connectivity index (χ4n) is 3.28. The van der Waals surface area contributed by atoms with Crippen molar-refractivity contribution >= 4 is 46.5 Å². The number of aryl methyl sites for hydroxylation is 1. The second-order valence-electron chi connectivity index (χ2n) is 7.25. The van der Waals surface area contributed by atoms with Gasteiger partial charge in [-0.15, -0.1) is 11.8 Å². The standard InChI is InChI=1S/C22H26N4O3S/c1-15-4-7-17(8-5-15)24-20(27)13-30-14-21(28)25-18-12-16(22(23)29)6-9-19(18)26-10-2-3-11-26/h4-9,12H,2-3,10-11,13-14H2,1H3,(H2,23,29)(H,24,27)(H,25,28). The summed E-state index contributed by atoms with van der Waals surface area (Å²) in [5, 5.41) is 5.68. The van der Waals surface area contributed by atoms with Crippen LogP contribution in [0, 0.1) is 6.92 Å². The van der Waals surface area contributed by atoms with Crippen LogP contribution in [0.1, 0.15) is 28.8 Å². The number of thioether (sulfide) groups is 1. The minimum atomic E-state index is -0.541. The lowest BCUT2D eigenvalue weighted by Crippen LogP contribution is -2.23. The lowest BCUT2D eigenvalue weighted by molar-refractivity contribution is -0.114. The summed E-state index contributed by atoms with van der Waals surface area (Å²) in [5.74, 6) is -0.639. The molecule has 3 rings (SSSR count). The van der Waals surface area contributed by atoms with Crippen molar-refractivity contribution < 1.29 is 14.4 Å². The Balaban J connectivity index is 1.54. The van der Waals surface area contributed by atoms with Crippen LogP contribution in [-0.4, -0.2) is 42.3 Å². The Morgan fingerprint density at radius 3 is 2.23 bits per heavy atom. The van der Waals surface area contributed by atoms with Crippen LogP contribution in [0.4, 0.5) is 17.1 Å². The maximum atomic E-state index is 12.4. The molecule has 4 N–H and O–H groups in total. The van der Waals surface area contributed by atoms with Gasteiger partial charge in [0.15, 0.2) is 0 Å². The Morgan fingerprint density at radius 2 is 1.60 bits per heavy atom. The molecule has 0 aromatic heterocycles. The number of hydrogen-bond donors (Lipinski definition) is 3. The number of nitrogens with one attached hydrogen (secondary N) is 2. The lowest BCUT2D eigenvalue weighted by Gasteiger charge is -2.22. The normalized spacial score (nSPS) is 13.2. The van der Waals surface area contributed by atoms with Crippen molar-refractivity contribution in [1.82, 2.24) is 0 Å². The first-order valence-electron chi connectivity index (χ1n) is 9.85. The molecule has 158 valence electrons. The molecular weight excluding hydrogens is 400 g/mol. The molecule has 3 amide bonds. The predicted octanol–water partition coefficient (Wildman–Crippen LogP) is 3.00. The summed E-state index contributed by atoms with van der Waals surface area (Å²) >= 11 is 1.23. The molecule has 2 aromatic rings. The molecule has 0 unspecified atom stereocenters. The molecule has 7 nitrogen and oxygen atoms in total. The van der Waals surface area contributed by atoms with Crippen LogP contribution in [0.3, 0.4) is 0 Å². The first-order chi connectivity index (χ1) is 14.4. The molecule has 8 heteroatoms. The number of amides is 3. The Hall–Kier alpha value is -3.00. The fraction of sp³-hybridized carbons (Fsp3) is 0.318. The molecule has 1 saturated heterocycles. The molecule has 1 fully saturated rings. The first kappa shape index (κ1) is 21.7. The Labute approximate surface area is 180 Å². The zero-order chi connectivity index (χ0) is 21.5. The number of carbonyl (C=O) groups is 3. The Bertz CT molecular complexity index is 924. The van der Waals surface area contributed by atoms with Crippen LogP contribution < -0.4 is 21.3 Å².